The van der Waals surface area contributed by atoms with E-state index in [0.29, 0.717) is 14.8 Å². The maximum atomic E-state index is 11.9. The van der Waals surface area contributed by atoms with Crippen LogP contribution >= 0.6 is 43.5 Å². The molecular weight excluding hydrogens is 393 g/mol. The van der Waals surface area contributed by atoms with Crippen molar-refractivity contribution in [3.05, 3.63) is 39.3 Å². The summed E-state index contributed by atoms with van der Waals surface area (Å²) < 4.78 is 27.6. The van der Waals surface area contributed by atoms with Gasteiger partial charge in [0.2, 0.25) is 10.0 Å². The Morgan fingerprint density at radius 2 is 2.00 bits per heavy atom. The summed E-state index contributed by atoms with van der Waals surface area (Å²) in [5.41, 5.74) is 0. The fourth-order valence-corrected chi connectivity index (χ4v) is 3.67. The number of hydrogen-bond donors (Lipinski definition) is 1. The third-order valence-electron chi connectivity index (χ3n) is 1.83. The van der Waals surface area contributed by atoms with Gasteiger partial charge < -0.3 is 0 Å². The summed E-state index contributed by atoms with van der Waals surface area (Å²) in [7, 11) is -3.52. The highest BCUT2D eigenvalue weighted by Crippen LogP contribution is 2.25. The van der Waals surface area contributed by atoms with Gasteiger partial charge in [0.25, 0.3) is 0 Å². The molecule has 7 heteroatoms. The van der Waals surface area contributed by atoms with E-state index >= 15 is 0 Å². The van der Waals surface area contributed by atoms with Crippen LogP contribution < -0.4 is 4.72 Å². The fourth-order valence-electron chi connectivity index (χ4n) is 1.07. The van der Waals surface area contributed by atoms with Crippen molar-refractivity contribution in [2.45, 2.75) is 4.90 Å². The number of nitrogens with one attached hydrogen (secondary N) is 1. The van der Waals surface area contributed by atoms with Gasteiger partial charge in [-0.2, -0.15) is 0 Å². The van der Waals surface area contributed by atoms with Crippen LogP contribution in [0, 0.1) is 0 Å². The molecule has 17 heavy (non-hydrogen) atoms. The smallest absolute Gasteiger partial charge is 0.207 e. The summed E-state index contributed by atoms with van der Waals surface area (Å²) in [6.07, 6.45) is 3.34. The van der Waals surface area contributed by atoms with Gasteiger partial charge in [0, 0.05) is 21.4 Å². The third kappa shape index (κ3) is 4.71. The molecule has 0 bridgehead atoms. The Bertz CT molecular complexity index is 517. The maximum Gasteiger partial charge on any atom is 0.242 e. The highest BCUT2D eigenvalue weighted by molar-refractivity contribution is 9.11. The van der Waals surface area contributed by atoms with Gasteiger partial charge in [0.15, 0.2) is 0 Å². The highest BCUT2D eigenvalue weighted by Gasteiger charge is 2.16. The Hall–Kier alpha value is 0.120. The number of halogens is 3. The zero-order chi connectivity index (χ0) is 12.9. The average Bonchev–Trinajstić information content (AvgIpc) is 2.28. The molecule has 0 radical (unpaired) electrons. The molecule has 1 aromatic carbocycles. The molecule has 0 fully saturated rings. The van der Waals surface area contributed by atoms with Gasteiger partial charge in [0.05, 0.1) is 4.90 Å². The molecule has 0 unspecified atom stereocenters. The molecule has 1 rings (SSSR count). The molecule has 0 heterocycles. The van der Waals surface area contributed by atoms with Crippen LogP contribution in [0.1, 0.15) is 0 Å². The zero-order valence-electron chi connectivity index (χ0n) is 8.66. The van der Waals surface area contributed by atoms with Gasteiger partial charge in [-0.05, 0) is 34.1 Å². The Labute approximate surface area is 123 Å². The van der Waals surface area contributed by atoms with Crippen molar-refractivity contribution in [2.24, 2.45) is 0 Å². The quantitative estimate of drug-likeness (QED) is 0.606. The van der Waals surface area contributed by atoms with Crippen LogP contribution in [0.3, 0.4) is 0 Å². The predicted molar refractivity (Wildman–Crippen MR) is 76.9 cm³/mol. The van der Waals surface area contributed by atoms with Gasteiger partial charge in [-0.1, -0.05) is 28.1 Å². The highest BCUT2D eigenvalue weighted by atomic mass is 79.9. The number of sulfonamides is 1. The van der Waals surface area contributed by atoms with Gasteiger partial charge >= 0.3 is 0 Å². The van der Waals surface area contributed by atoms with Crippen molar-refractivity contribution in [3.8, 4) is 0 Å². The second kappa shape index (κ2) is 6.89. The second-order valence-corrected chi connectivity index (χ2v) is 6.87. The first kappa shape index (κ1) is 15.2. The SMILES string of the molecule is O=S(=O)(NC/C=C/CCl)c1cc(Br)ccc1Br. The van der Waals surface area contributed by atoms with E-state index in [4.69, 9.17) is 11.6 Å². The first-order chi connectivity index (χ1) is 7.97. The lowest BCUT2D eigenvalue weighted by atomic mass is 10.4. The molecule has 0 aliphatic carbocycles. The molecule has 0 saturated carbocycles. The standard InChI is InChI=1S/C10H10Br2ClNO2S/c11-8-3-4-9(12)10(7-8)17(15,16)14-6-2-1-5-13/h1-4,7,14H,5-6H2/b2-1+. The molecule has 0 amide bonds. The Balaban J connectivity index is 2.89. The van der Waals surface area contributed by atoms with Crippen molar-refractivity contribution < 1.29 is 8.42 Å². The molecular formula is C10H10Br2ClNO2S. The summed E-state index contributed by atoms with van der Waals surface area (Å²) in [6.45, 7) is 0.216. The molecule has 0 aromatic heterocycles. The van der Waals surface area contributed by atoms with Crippen LogP contribution in [-0.2, 0) is 10.0 Å². The minimum atomic E-state index is -3.52. The van der Waals surface area contributed by atoms with Crippen LogP contribution in [0.5, 0.6) is 0 Å². The van der Waals surface area contributed by atoms with E-state index in [1.165, 1.54) is 6.07 Å². The molecule has 0 aliphatic rings. The van der Waals surface area contributed by atoms with Crippen LogP contribution in [0.2, 0.25) is 0 Å². The zero-order valence-corrected chi connectivity index (χ0v) is 13.4. The lowest BCUT2D eigenvalue weighted by Crippen LogP contribution is -2.24. The van der Waals surface area contributed by atoms with Crippen molar-refractivity contribution in [1.29, 1.82) is 0 Å². The van der Waals surface area contributed by atoms with Gasteiger partial charge in [-0.15, -0.1) is 11.6 Å². The monoisotopic (exact) mass is 401 g/mol. The minimum absolute atomic E-state index is 0.200. The number of rotatable bonds is 5. The number of allylic oxidation sites excluding steroid dienone is 1. The number of hydrogen-bond acceptors (Lipinski definition) is 2. The normalized spacial score (nSPS) is 12.2. The predicted octanol–water partition coefficient (Wildman–Crippen LogP) is 3.28. The first-order valence-corrected chi connectivity index (χ1v) is 8.23. The Morgan fingerprint density at radius 3 is 2.65 bits per heavy atom. The van der Waals surface area contributed by atoms with Crippen molar-refractivity contribution in [1.82, 2.24) is 4.72 Å². The molecule has 3 nitrogen and oxygen atoms in total. The van der Waals surface area contributed by atoms with E-state index in [9.17, 15) is 8.42 Å². The van der Waals surface area contributed by atoms with E-state index in [0.717, 1.165) is 0 Å². The Kier molecular flexibility index (Phi) is 6.16. The van der Waals surface area contributed by atoms with E-state index in [1.807, 2.05) is 0 Å². The van der Waals surface area contributed by atoms with Gasteiger partial charge in [-0.25, -0.2) is 13.1 Å². The van der Waals surface area contributed by atoms with Crippen molar-refractivity contribution >= 4 is 53.5 Å². The van der Waals surface area contributed by atoms with Crippen LogP contribution in [-0.4, -0.2) is 20.8 Å². The fraction of sp³-hybridized carbons (Fsp3) is 0.200. The van der Waals surface area contributed by atoms with Crippen LogP contribution in [0.25, 0.3) is 0 Å². The topological polar surface area (TPSA) is 46.2 Å². The Morgan fingerprint density at radius 1 is 1.29 bits per heavy atom. The molecule has 0 spiro atoms. The third-order valence-corrected chi connectivity index (χ3v) is 4.92. The van der Waals surface area contributed by atoms with E-state index < -0.39 is 10.0 Å². The first-order valence-electron chi connectivity index (χ1n) is 4.63. The maximum absolute atomic E-state index is 11.9. The van der Waals surface area contributed by atoms with E-state index in [2.05, 4.69) is 36.6 Å². The van der Waals surface area contributed by atoms with Crippen LogP contribution in [0.4, 0.5) is 0 Å². The summed E-state index contributed by atoms with van der Waals surface area (Å²) in [5.74, 6) is 0.363. The lowest BCUT2D eigenvalue weighted by molar-refractivity contribution is 0.585. The van der Waals surface area contributed by atoms with Crippen LogP contribution in [0.15, 0.2) is 44.2 Å². The van der Waals surface area contributed by atoms with E-state index in [1.54, 1.807) is 24.3 Å². The van der Waals surface area contributed by atoms with Gasteiger partial charge in [-0.3, -0.25) is 0 Å². The summed E-state index contributed by atoms with van der Waals surface area (Å²) >= 11 is 11.9. The number of alkyl halides is 1. The summed E-state index contributed by atoms with van der Waals surface area (Å²) in [5, 5.41) is 0. The molecule has 0 atom stereocenters. The molecule has 0 aliphatic heterocycles. The average molecular weight is 404 g/mol. The lowest BCUT2D eigenvalue weighted by Gasteiger charge is -2.07. The van der Waals surface area contributed by atoms with Crippen molar-refractivity contribution in [3.63, 3.8) is 0 Å². The number of benzene rings is 1. The minimum Gasteiger partial charge on any atom is -0.207 e. The summed E-state index contributed by atoms with van der Waals surface area (Å²) in [6, 6.07) is 4.97. The molecule has 1 aromatic rings. The van der Waals surface area contributed by atoms with E-state index in [-0.39, 0.29) is 11.4 Å². The summed E-state index contributed by atoms with van der Waals surface area (Å²) in [4.78, 5) is 0.200. The van der Waals surface area contributed by atoms with Crippen molar-refractivity contribution in [2.75, 3.05) is 12.4 Å². The second-order valence-electron chi connectivity index (χ2n) is 3.05. The molecule has 0 saturated heterocycles. The largest absolute Gasteiger partial charge is 0.242 e. The molecule has 1 N–H and O–H groups in total. The molecule has 94 valence electrons. The van der Waals surface area contributed by atoms with Gasteiger partial charge in [0.1, 0.15) is 0 Å².